The van der Waals surface area contributed by atoms with E-state index in [1.165, 1.54) is 30.4 Å². The molecule has 2 heteroatoms. The molecule has 0 unspecified atom stereocenters. The Hall–Kier alpha value is -0.200. The molecule has 1 aliphatic carbocycles. The smallest absolute Gasteiger partial charge is 0.0294 e. The average molecular weight is 299 g/mol. The van der Waals surface area contributed by atoms with Crippen molar-refractivity contribution < 1.29 is 0 Å². The van der Waals surface area contributed by atoms with E-state index in [-0.39, 0.29) is 5.41 Å². The van der Waals surface area contributed by atoms with E-state index >= 15 is 0 Å². The zero-order valence-electron chi connectivity index (χ0n) is 12.0. The van der Waals surface area contributed by atoms with Gasteiger partial charge in [0.2, 0.25) is 0 Å². The van der Waals surface area contributed by atoms with E-state index in [4.69, 9.17) is 23.2 Å². The van der Waals surface area contributed by atoms with Crippen LogP contribution in [0.3, 0.4) is 0 Å². The largest absolute Gasteiger partial charge is 0.126 e. The molecule has 0 radical (unpaired) electrons. The second kappa shape index (κ2) is 6.50. The fourth-order valence-electron chi connectivity index (χ4n) is 3.35. The molecular weight excluding hydrogens is 275 g/mol. The van der Waals surface area contributed by atoms with Crippen LogP contribution >= 0.6 is 23.2 Å². The van der Waals surface area contributed by atoms with Crippen LogP contribution in [0.15, 0.2) is 18.2 Å². The van der Waals surface area contributed by atoms with E-state index in [1.54, 1.807) is 5.56 Å². The van der Waals surface area contributed by atoms with Crippen molar-refractivity contribution in [1.82, 2.24) is 0 Å². The van der Waals surface area contributed by atoms with Crippen molar-refractivity contribution in [2.45, 2.75) is 46.0 Å². The van der Waals surface area contributed by atoms with Gasteiger partial charge in [0.15, 0.2) is 0 Å². The van der Waals surface area contributed by atoms with Gasteiger partial charge in [0.25, 0.3) is 0 Å². The van der Waals surface area contributed by atoms with Gasteiger partial charge in [-0.1, -0.05) is 32.0 Å². The second-order valence-corrected chi connectivity index (χ2v) is 7.03. The van der Waals surface area contributed by atoms with Crippen molar-refractivity contribution in [3.05, 3.63) is 34.9 Å². The van der Waals surface area contributed by atoms with Crippen LogP contribution in [0.5, 0.6) is 0 Å². The Morgan fingerprint density at radius 1 is 1.11 bits per heavy atom. The topological polar surface area (TPSA) is 0 Å². The molecule has 2 rings (SSSR count). The quantitative estimate of drug-likeness (QED) is 0.631. The van der Waals surface area contributed by atoms with Crippen LogP contribution in [0.25, 0.3) is 0 Å². The number of hydrogen-bond acceptors (Lipinski definition) is 0. The molecular formula is C17H24Cl2. The lowest BCUT2D eigenvalue weighted by molar-refractivity contribution is 0.295. The summed E-state index contributed by atoms with van der Waals surface area (Å²) in [6, 6.07) is 6.97. The minimum Gasteiger partial charge on any atom is -0.126 e. The molecule has 0 fully saturated rings. The molecule has 0 N–H and O–H groups in total. The third-order valence-electron chi connectivity index (χ3n) is 4.15. The molecule has 0 aliphatic heterocycles. The van der Waals surface area contributed by atoms with Crippen molar-refractivity contribution in [1.29, 1.82) is 0 Å². The molecule has 0 atom stereocenters. The zero-order valence-corrected chi connectivity index (χ0v) is 13.5. The van der Waals surface area contributed by atoms with Crippen LogP contribution in [-0.4, -0.2) is 11.8 Å². The summed E-state index contributed by atoms with van der Waals surface area (Å²) in [7, 11) is 0. The first-order valence-corrected chi connectivity index (χ1v) is 8.38. The molecule has 106 valence electrons. The summed E-state index contributed by atoms with van der Waals surface area (Å²) in [5, 5.41) is 0. The van der Waals surface area contributed by atoms with E-state index in [0.29, 0.717) is 17.7 Å². The van der Waals surface area contributed by atoms with Crippen molar-refractivity contribution in [3.8, 4) is 0 Å². The SMILES string of the molecule is CC(C)CC(CCl)(CCl)Cc1ccc2c(c1)CCC2. The average Bonchev–Trinajstić information content (AvgIpc) is 2.84. The van der Waals surface area contributed by atoms with Crippen molar-refractivity contribution in [2.75, 3.05) is 11.8 Å². The van der Waals surface area contributed by atoms with E-state index < -0.39 is 0 Å². The molecule has 0 amide bonds. The molecule has 0 saturated carbocycles. The normalized spacial score (nSPS) is 15.0. The van der Waals surface area contributed by atoms with E-state index in [9.17, 15) is 0 Å². The summed E-state index contributed by atoms with van der Waals surface area (Å²) in [5.41, 5.74) is 4.53. The lowest BCUT2D eigenvalue weighted by atomic mass is 9.78. The minimum absolute atomic E-state index is 0.0458. The predicted molar refractivity (Wildman–Crippen MR) is 85.5 cm³/mol. The first-order chi connectivity index (χ1) is 9.08. The summed E-state index contributed by atoms with van der Waals surface area (Å²) in [6.45, 7) is 4.49. The zero-order chi connectivity index (χ0) is 13.9. The number of alkyl halides is 2. The molecule has 0 bridgehead atoms. The van der Waals surface area contributed by atoms with Crippen LogP contribution in [0, 0.1) is 11.3 Å². The van der Waals surface area contributed by atoms with Crippen molar-refractivity contribution in [3.63, 3.8) is 0 Å². The Morgan fingerprint density at radius 2 is 1.79 bits per heavy atom. The van der Waals surface area contributed by atoms with Gasteiger partial charge >= 0.3 is 0 Å². The van der Waals surface area contributed by atoms with Crippen molar-refractivity contribution >= 4 is 23.2 Å². The number of benzene rings is 1. The van der Waals surface area contributed by atoms with Gasteiger partial charge in [0, 0.05) is 17.2 Å². The first-order valence-electron chi connectivity index (χ1n) is 7.31. The van der Waals surface area contributed by atoms with Crippen LogP contribution in [0.2, 0.25) is 0 Å². The number of hydrogen-bond donors (Lipinski definition) is 0. The molecule has 0 aromatic heterocycles. The summed E-state index contributed by atoms with van der Waals surface area (Å²) in [4.78, 5) is 0. The minimum atomic E-state index is 0.0458. The van der Waals surface area contributed by atoms with Gasteiger partial charge in [0.1, 0.15) is 0 Å². The summed E-state index contributed by atoms with van der Waals surface area (Å²) >= 11 is 12.5. The Kier molecular flexibility index (Phi) is 5.20. The highest BCUT2D eigenvalue weighted by Gasteiger charge is 2.30. The van der Waals surface area contributed by atoms with Gasteiger partial charge in [-0.15, -0.1) is 23.2 Å². The second-order valence-electron chi connectivity index (χ2n) is 6.50. The maximum absolute atomic E-state index is 6.25. The Bertz CT molecular complexity index is 419. The Labute approximate surface area is 127 Å². The van der Waals surface area contributed by atoms with Gasteiger partial charge < -0.3 is 0 Å². The highest BCUT2D eigenvalue weighted by molar-refractivity contribution is 6.21. The van der Waals surface area contributed by atoms with Crippen LogP contribution < -0.4 is 0 Å². The number of rotatable bonds is 6. The molecule has 1 aliphatic rings. The van der Waals surface area contributed by atoms with Crippen LogP contribution in [0.4, 0.5) is 0 Å². The molecule has 1 aromatic rings. The van der Waals surface area contributed by atoms with Crippen molar-refractivity contribution in [2.24, 2.45) is 11.3 Å². The summed E-state index contributed by atoms with van der Waals surface area (Å²) in [5.74, 6) is 1.92. The van der Waals surface area contributed by atoms with Gasteiger partial charge in [-0.3, -0.25) is 0 Å². The van der Waals surface area contributed by atoms with E-state index in [1.807, 2.05) is 0 Å². The molecule has 1 aromatic carbocycles. The molecule has 19 heavy (non-hydrogen) atoms. The summed E-state index contributed by atoms with van der Waals surface area (Å²) < 4.78 is 0. The van der Waals surface area contributed by atoms with Crippen LogP contribution in [0.1, 0.15) is 43.4 Å². The van der Waals surface area contributed by atoms with Gasteiger partial charge in [-0.05, 0) is 54.7 Å². The molecule has 0 spiro atoms. The van der Waals surface area contributed by atoms with E-state index in [0.717, 1.165) is 12.8 Å². The standard InChI is InChI=1S/C17H24Cl2/c1-13(2)9-17(11-18,12-19)10-14-6-7-15-4-3-5-16(15)8-14/h6-8,13H,3-5,9-12H2,1-2H3. The Morgan fingerprint density at radius 3 is 2.42 bits per heavy atom. The highest BCUT2D eigenvalue weighted by Crippen LogP contribution is 2.35. The fourth-order valence-corrected chi connectivity index (χ4v) is 4.04. The summed E-state index contributed by atoms with van der Waals surface area (Å²) in [6.07, 6.45) is 5.89. The lowest BCUT2D eigenvalue weighted by Gasteiger charge is -2.31. The van der Waals surface area contributed by atoms with Gasteiger partial charge in [0.05, 0.1) is 0 Å². The Balaban J connectivity index is 2.17. The molecule has 0 nitrogen and oxygen atoms in total. The third-order valence-corrected chi connectivity index (χ3v) is 5.28. The number of fused-ring (bicyclic) bond motifs is 1. The van der Waals surface area contributed by atoms with Crippen LogP contribution in [-0.2, 0) is 19.3 Å². The highest BCUT2D eigenvalue weighted by atomic mass is 35.5. The van der Waals surface area contributed by atoms with E-state index in [2.05, 4.69) is 32.0 Å². The fraction of sp³-hybridized carbons (Fsp3) is 0.647. The number of halogens is 2. The maximum atomic E-state index is 6.25. The molecule has 0 saturated heterocycles. The number of aryl methyl sites for hydroxylation is 2. The lowest BCUT2D eigenvalue weighted by Crippen LogP contribution is -2.30. The predicted octanol–water partition coefficient (Wildman–Crippen LogP) is 5.23. The molecule has 0 heterocycles. The first kappa shape index (κ1) is 15.2. The van der Waals surface area contributed by atoms with Gasteiger partial charge in [-0.25, -0.2) is 0 Å². The maximum Gasteiger partial charge on any atom is 0.0294 e. The monoisotopic (exact) mass is 298 g/mol. The third kappa shape index (κ3) is 3.67. The van der Waals surface area contributed by atoms with Gasteiger partial charge in [-0.2, -0.15) is 0 Å².